The molecule has 2 aromatic heterocycles. The van der Waals surface area contributed by atoms with Gasteiger partial charge in [-0.05, 0) is 17.7 Å². The summed E-state index contributed by atoms with van der Waals surface area (Å²) in [6.07, 6.45) is -2.75. The minimum atomic E-state index is -4.78. The molecule has 0 bridgehead atoms. The molecule has 3 heterocycles. The van der Waals surface area contributed by atoms with E-state index in [1.54, 1.807) is 6.07 Å². The van der Waals surface area contributed by atoms with Crippen molar-refractivity contribution in [3.63, 3.8) is 0 Å². The maximum absolute atomic E-state index is 10.8. The molecule has 7 N–H and O–H groups in total. The molecule has 4 atom stereocenters. The Morgan fingerprint density at radius 2 is 1.97 bits per heavy atom. The molecule has 3 aromatic rings. The molecule has 1 aliphatic rings. The van der Waals surface area contributed by atoms with Gasteiger partial charge in [0.15, 0.2) is 11.5 Å². The topological polar surface area (TPSA) is 212 Å². The number of phenols is 1. The molecule has 32 heavy (non-hydrogen) atoms. The molecule has 0 aliphatic carbocycles. The normalized spacial score (nSPS) is 23.5. The van der Waals surface area contributed by atoms with E-state index >= 15 is 0 Å². The number of aromatic amines is 1. The third-order valence-corrected chi connectivity index (χ3v) is 5.10. The molecule has 1 aromatic carbocycles. The molecule has 15 heteroatoms. The number of hydrogen-bond acceptors (Lipinski definition) is 11. The van der Waals surface area contributed by atoms with Crippen LogP contribution in [0.1, 0.15) is 5.56 Å². The van der Waals surface area contributed by atoms with Crippen molar-refractivity contribution in [3.05, 3.63) is 36.4 Å². The summed E-state index contributed by atoms with van der Waals surface area (Å²) in [6, 6.07) is 4.34. The summed E-state index contributed by atoms with van der Waals surface area (Å²) in [5.41, 5.74) is 1.70. The van der Waals surface area contributed by atoms with Gasteiger partial charge in [-0.3, -0.25) is 4.52 Å². The van der Waals surface area contributed by atoms with Crippen LogP contribution in [0.25, 0.3) is 11.2 Å². The number of phosphoric ester groups is 1. The predicted molar refractivity (Wildman–Crippen MR) is 106 cm³/mol. The zero-order valence-corrected chi connectivity index (χ0v) is 17.2. The molecule has 1 unspecified atom stereocenters. The minimum absolute atomic E-state index is 0.122. The third kappa shape index (κ3) is 5.14. The Labute approximate surface area is 180 Å². The highest BCUT2D eigenvalue weighted by Gasteiger charge is 2.45. The number of rotatable bonds is 8. The number of anilines is 1. The number of fused-ring (bicyclic) bond motifs is 1. The average Bonchev–Trinajstić information content (AvgIpc) is 3.31. The highest BCUT2D eigenvalue weighted by atomic mass is 31.2. The van der Waals surface area contributed by atoms with Crippen LogP contribution in [0.5, 0.6) is 11.5 Å². The molecule has 0 amide bonds. The lowest BCUT2D eigenvalue weighted by Crippen LogP contribution is -2.35. The van der Waals surface area contributed by atoms with Gasteiger partial charge in [-0.2, -0.15) is 0 Å². The number of H-pyrrole nitrogens is 1. The number of aromatic nitrogens is 4. The number of benzene rings is 1. The SMILES string of the molecule is O=P(O)(O)OC[C@H]1OC(Oc2cc(O)cc(CNc3ncnc4nc[nH]c34)c2)[C@H](O)[C@@H]1O. The Kier molecular flexibility index (Phi) is 6.26. The van der Waals surface area contributed by atoms with Gasteiger partial charge in [0.2, 0.25) is 6.29 Å². The van der Waals surface area contributed by atoms with Crippen molar-refractivity contribution in [2.24, 2.45) is 0 Å². The zero-order chi connectivity index (χ0) is 22.9. The molecule has 14 nitrogen and oxygen atoms in total. The number of aliphatic hydroxyl groups is 2. The summed E-state index contributed by atoms with van der Waals surface area (Å²) in [7, 11) is -4.78. The third-order valence-electron chi connectivity index (χ3n) is 4.61. The van der Waals surface area contributed by atoms with Crippen molar-refractivity contribution in [2.75, 3.05) is 11.9 Å². The molecule has 1 fully saturated rings. The Bertz CT molecular complexity index is 1140. The molecule has 0 spiro atoms. The average molecular weight is 469 g/mol. The van der Waals surface area contributed by atoms with Crippen LogP contribution in [-0.4, -0.2) is 76.3 Å². The standard InChI is InChI=1S/C17H20N5O9P/c23-9-1-8(4-18-15-12-16(20-6-19-12)22-7-21-15)2-10(3-9)30-17-14(25)13(24)11(31-17)5-29-32(26,27)28/h1-3,6-7,11,13-14,17,23-25H,4-5H2,(H2,26,27,28)(H2,18,19,20,21,22)/t11-,13-,14-,17?/m1/s1. The first-order chi connectivity index (χ1) is 15.2. The number of phosphoric acid groups is 1. The Morgan fingerprint density at radius 3 is 2.75 bits per heavy atom. The van der Waals surface area contributed by atoms with E-state index < -0.39 is 39.0 Å². The van der Waals surface area contributed by atoms with E-state index in [4.69, 9.17) is 19.3 Å². The Morgan fingerprint density at radius 1 is 1.16 bits per heavy atom. The van der Waals surface area contributed by atoms with E-state index in [1.807, 2.05) is 0 Å². The maximum atomic E-state index is 10.8. The van der Waals surface area contributed by atoms with Gasteiger partial charge in [-0.1, -0.05) is 0 Å². The molecule has 0 saturated carbocycles. The van der Waals surface area contributed by atoms with E-state index in [-0.39, 0.29) is 18.0 Å². The van der Waals surface area contributed by atoms with Gasteiger partial charge in [0.25, 0.3) is 0 Å². The largest absolute Gasteiger partial charge is 0.508 e. The van der Waals surface area contributed by atoms with Crippen molar-refractivity contribution in [2.45, 2.75) is 31.1 Å². The zero-order valence-electron chi connectivity index (χ0n) is 16.3. The van der Waals surface area contributed by atoms with E-state index in [9.17, 15) is 19.9 Å². The van der Waals surface area contributed by atoms with E-state index in [1.165, 1.54) is 24.8 Å². The van der Waals surface area contributed by atoms with Crippen LogP contribution in [0.4, 0.5) is 5.82 Å². The van der Waals surface area contributed by atoms with Crippen molar-refractivity contribution < 1.29 is 43.7 Å². The monoisotopic (exact) mass is 469 g/mol. The van der Waals surface area contributed by atoms with E-state index in [0.717, 1.165) is 0 Å². The van der Waals surface area contributed by atoms with Crippen LogP contribution in [0.3, 0.4) is 0 Å². The minimum Gasteiger partial charge on any atom is -0.508 e. The van der Waals surface area contributed by atoms with Gasteiger partial charge >= 0.3 is 7.82 Å². The number of aliphatic hydroxyl groups excluding tert-OH is 2. The molecule has 1 saturated heterocycles. The molecule has 1 aliphatic heterocycles. The second-order valence-corrected chi connectivity index (χ2v) is 8.18. The van der Waals surface area contributed by atoms with Gasteiger partial charge in [-0.25, -0.2) is 19.5 Å². The van der Waals surface area contributed by atoms with Crippen LogP contribution in [0.15, 0.2) is 30.9 Å². The summed E-state index contributed by atoms with van der Waals surface area (Å²) in [4.78, 5) is 32.7. The molecule has 4 rings (SSSR count). The summed E-state index contributed by atoms with van der Waals surface area (Å²) >= 11 is 0. The summed E-state index contributed by atoms with van der Waals surface area (Å²) in [5.74, 6) is 0.510. The number of nitrogens with one attached hydrogen (secondary N) is 2. The fourth-order valence-corrected chi connectivity index (χ4v) is 3.49. The number of ether oxygens (including phenoxy) is 2. The molecular formula is C17H20N5O9P. The van der Waals surface area contributed by atoms with Crippen LogP contribution in [-0.2, 0) is 20.4 Å². The van der Waals surface area contributed by atoms with Gasteiger partial charge < -0.3 is 44.9 Å². The van der Waals surface area contributed by atoms with Crippen LogP contribution in [0, 0.1) is 0 Å². The highest BCUT2D eigenvalue weighted by molar-refractivity contribution is 7.46. The summed E-state index contributed by atoms with van der Waals surface area (Å²) in [5, 5.41) is 33.3. The highest BCUT2D eigenvalue weighted by Crippen LogP contribution is 2.37. The Balaban J connectivity index is 1.42. The smallest absolute Gasteiger partial charge is 0.469 e. The lowest BCUT2D eigenvalue weighted by atomic mass is 10.1. The predicted octanol–water partition coefficient (Wildman–Crippen LogP) is -0.395. The van der Waals surface area contributed by atoms with E-state index in [2.05, 4.69) is 29.8 Å². The lowest BCUT2D eigenvalue weighted by molar-refractivity contribution is -0.116. The molecular weight excluding hydrogens is 449 g/mol. The number of aromatic hydroxyl groups is 1. The number of imidazole rings is 1. The Hall–Kier alpha value is -2.84. The molecule has 0 radical (unpaired) electrons. The second kappa shape index (κ2) is 8.96. The van der Waals surface area contributed by atoms with Gasteiger partial charge in [0.05, 0.1) is 12.9 Å². The van der Waals surface area contributed by atoms with Gasteiger partial charge in [0, 0.05) is 12.6 Å². The second-order valence-electron chi connectivity index (χ2n) is 6.94. The molecule has 172 valence electrons. The van der Waals surface area contributed by atoms with Crippen LogP contribution in [0.2, 0.25) is 0 Å². The first-order valence-corrected chi connectivity index (χ1v) is 10.8. The summed E-state index contributed by atoms with van der Waals surface area (Å²) in [6.45, 7) is -0.413. The van der Waals surface area contributed by atoms with Gasteiger partial charge in [0.1, 0.15) is 41.7 Å². The first kappa shape index (κ1) is 22.4. The van der Waals surface area contributed by atoms with Gasteiger partial charge in [-0.15, -0.1) is 0 Å². The summed E-state index contributed by atoms with van der Waals surface area (Å²) < 4.78 is 26.0. The van der Waals surface area contributed by atoms with E-state index in [0.29, 0.717) is 22.5 Å². The number of nitrogens with zero attached hydrogens (tertiary/aromatic N) is 3. The van der Waals surface area contributed by atoms with Crippen LogP contribution >= 0.6 is 7.82 Å². The van der Waals surface area contributed by atoms with Crippen molar-refractivity contribution in [1.82, 2.24) is 19.9 Å². The number of hydrogen-bond donors (Lipinski definition) is 7. The maximum Gasteiger partial charge on any atom is 0.469 e. The van der Waals surface area contributed by atoms with Crippen LogP contribution < -0.4 is 10.1 Å². The van der Waals surface area contributed by atoms with Crippen molar-refractivity contribution >= 4 is 24.8 Å². The number of phenolic OH excluding ortho intramolecular Hbond substituents is 1. The first-order valence-electron chi connectivity index (χ1n) is 9.29. The lowest BCUT2D eigenvalue weighted by Gasteiger charge is -2.18. The van der Waals surface area contributed by atoms with Crippen molar-refractivity contribution in [3.8, 4) is 11.5 Å². The fraction of sp³-hybridized carbons (Fsp3) is 0.353. The fourth-order valence-electron chi connectivity index (χ4n) is 3.15. The quantitative estimate of drug-likeness (QED) is 0.210. The van der Waals surface area contributed by atoms with Crippen molar-refractivity contribution in [1.29, 1.82) is 0 Å².